The third-order valence-corrected chi connectivity index (χ3v) is 7.13. The third-order valence-electron chi connectivity index (χ3n) is 4.72. The van der Waals surface area contributed by atoms with Crippen molar-refractivity contribution < 1.29 is 13.2 Å². The number of morpholine rings is 1. The van der Waals surface area contributed by atoms with Gasteiger partial charge in [0.25, 0.3) is 0 Å². The number of benzene rings is 1. The molecular formula is C16H21Cl2NO3S. The number of ether oxygens (including phenoxy) is 1. The van der Waals surface area contributed by atoms with Crippen molar-refractivity contribution in [1.82, 2.24) is 4.90 Å². The van der Waals surface area contributed by atoms with Gasteiger partial charge in [0, 0.05) is 24.2 Å². The average Bonchev–Trinajstić information content (AvgIpc) is 2.55. The number of sulfone groups is 1. The van der Waals surface area contributed by atoms with Gasteiger partial charge >= 0.3 is 0 Å². The van der Waals surface area contributed by atoms with Gasteiger partial charge in [-0.3, -0.25) is 4.90 Å². The van der Waals surface area contributed by atoms with Gasteiger partial charge in [0.1, 0.15) is 0 Å². The molecule has 0 aromatic heterocycles. The molecule has 2 fully saturated rings. The Labute approximate surface area is 147 Å². The first-order valence-electron chi connectivity index (χ1n) is 8.01. The Kier molecular flexibility index (Phi) is 5.53. The van der Waals surface area contributed by atoms with E-state index in [2.05, 4.69) is 4.90 Å². The SMILES string of the molecule is O=S(=O)(CCN1CCO[C@H]2CCCC[C@H]21)c1cc(Cl)ccc1Cl. The highest BCUT2D eigenvalue weighted by molar-refractivity contribution is 7.91. The number of hydrogen-bond acceptors (Lipinski definition) is 4. The minimum atomic E-state index is -3.45. The third kappa shape index (κ3) is 4.02. The standard InChI is InChI=1S/C16H21Cl2NO3S/c17-12-5-6-13(18)16(11-12)23(20,21)10-8-19-7-9-22-15-4-2-1-3-14(15)19/h5-6,11,14-15H,1-4,7-10H2/t14-,15+/m1/s1. The summed E-state index contributed by atoms with van der Waals surface area (Å²) in [4.78, 5) is 2.39. The van der Waals surface area contributed by atoms with Crippen LogP contribution in [0.2, 0.25) is 10.0 Å². The molecule has 1 aromatic rings. The molecule has 1 saturated heterocycles. The molecule has 7 heteroatoms. The predicted octanol–water partition coefficient (Wildman–Crippen LogP) is 3.41. The van der Waals surface area contributed by atoms with Crippen molar-refractivity contribution in [2.75, 3.05) is 25.4 Å². The predicted molar refractivity (Wildman–Crippen MR) is 92.1 cm³/mol. The number of halogens is 2. The number of rotatable bonds is 4. The molecule has 0 N–H and O–H groups in total. The van der Waals surface area contributed by atoms with Crippen LogP contribution in [0.1, 0.15) is 25.7 Å². The summed E-state index contributed by atoms with van der Waals surface area (Å²) in [7, 11) is -3.45. The van der Waals surface area contributed by atoms with Gasteiger partial charge in [-0.05, 0) is 31.0 Å². The first-order valence-corrected chi connectivity index (χ1v) is 10.4. The first kappa shape index (κ1) is 17.5. The summed E-state index contributed by atoms with van der Waals surface area (Å²) in [5.41, 5.74) is 0. The van der Waals surface area contributed by atoms with Gasteiger partial charge < -0.3 is 4.74 Å². The zero-order valence-electron chi connectivity index (χ0n) is 12.9. The van der Waals surface area contributed by atoms with Crippen LogP contribution in [0.5, 0.6) is 0 Å². The molecule has 0 spiro atoms. The fraction of sp³-hybridized carbons (Fsp3) is 0.625. The minimum absolute atomic E-state index is 0.0519. The highest BCUT2D eigenvalue weighted by atomic mass is 35.5. The molecule has 1 aliphatic carbocycles. The quantitative estimate of drug-likeness (QED) is 0.806. The Bertz CT molecular complexity index is 663. The molecule has 128 valence electrons. The molecule has 0 unspecified atom stereocenters. The molecule has 1 aliphatic heterocycles. The summed E-state index contributed by atoms with van der Waals surface area (Å²) in [6.45, 7) is 1.98. The van der Waals surface area contributed by atoms with Crippen LogP contribution in [-0.4, -0.2) is 50.9 Å². The second-order valence-electron chi connectivity index (χ2n) is 6.19. The fourth-order valence-corrected chi connectivity index (χ4v) is 5.59. The van der Waals surface area contributed by atoms with Gasteiger partial charge in [0.05, 0.1) is 28.4 Å². The number of nitrogens with zero attached hydrogens (tertiary/aromatic N) is 1. The Morgan fingerprint density at radius 2 is 2.00 bits per heavy atom. The molecule has 4 nitrogen and oxygen atoms in total. The van der Waals surface area contributed by atoms with Gasteiger partial charge in [0.2, 0.25) is 0 Å². The van der Waals surface area contributed by atoms with E-state index in [1.807, 2.05) is 0 Å². The zero-order valence-corrected chi connectivity index (χ0v) is 15.2. The van der Waals surface area contributed by atoms with Gasteiger partial charge in [-0.15, -0.1) is 0 Å². The van der Waals surface area contributed by atoms with Crippen molar-refractivity contribution in [1.29, 1.82) is 0 Å². The highest BCUT2D eigenvalue weighted by Crippen LogP contribution is 2.29. The van der Waals surface area contributed by atoms with Crippen LogP contribution < -0.4 is 0 Å². The summed E-state index contributed by atoms with van der Waals surface area (Å²) in [6.07, 6.45) is 4.81. The lowest BCUT2D eigenvalue weighted by Gasteiger charge is -2.43. The second kappa shape index (κ2) is 7.28. The lowest BCUT2D eigenvalue weighted by molar-refractivity contribution is -0.0859. The molecule has 1 saturated carbocycles. The summed E-state index contributed by atoms with van der Waals surface area (Å²) in [5, 5.41) is 0.610. The molecule has 2 aliphatic rings. The normalized spacial score (nSPS) is 26.0. The summed E-state index contributed by atoms with van der Waals surface area (Å²) >= 11 is 12.0. The smallest absolute Gasteiger partial charge is 0.181 e. The maximum absolute atomic E-state index is 12.6. The minimum Gasteiger partial charge on any atom is -0.375 e. The van der Waals surface area contributed by atoms with Crippen molar-refractivity contribution in [2.24, 2.45) is 0 Å². The van der Waals surface area contributed by atoms with Crippen LogP contribution in [0.25, 0.3) is 0 Å². The van der Waals surface area contributed by atoms with Crippen LogP contribution in [0.15, 0.2) is 23.1 Å². The van der Waals surface area contributed by atoms with E-state index in [1.54, 1.807) is 6.07 Å². The molecule has 2 atom stereocenters. The van der Waals surface area contributed by atoms with Crippen LogP contribution in [0.3, 0.4) is 0 Å². The number of hydrogen-bond donors (Lipinski definition) is 0. The monoisotopic (exact) mass is 377 g/mol. The Morgan fingerprint density at radius 1 is 1.22 bits per heavy atom. The van der Waals surface area contributed by atoms with Crippen molar-refractivity contribution >= 4 is 33.0 Å². The molecule has 0 bridgehead atoms. The van der Waals surface area contributed by atoms with Gasteiger partial charge in [-0.1, -0.05) is 36.0 Å². The first-order chi connectivity index (χ1) is 11.0. The van der Waals surface area contributed by atoms with Gasteiger partial charge in [-0.2, -0.15) is 0 Å². The van der Waals surface area contributed by atoms with E-state index in [0.717, 1.165) is 19.4 Å². The summed E-state index contributed by atoms with van der Waals surface area (Å²) < 4.78 is 31.0. The Morgan fingerprint density at radius 3 is 2.83 bits per heavy atom. The Balaban J connectivity index is 1.70. The van der Waals surface area contributed by atoms with Crippen molar-refractivity contribution in [3.05, 3.63) is 28.2 Å². The molecule has 23 heavy (non-hydrogen) atoms. The van der Waals surface area contributed by atoms with Crippen LogP contribution in [0, 0.1) is 0 Å². The lowest BCUT2D eigenvalue weighted by atomic mass is 9.90. The van der Waals surface area contributed by atoms with Gasteiger partial charge in [0.15, 0.2) is 9.84 Å². The van der Waals surface area contributed by atoms with Crippen LogP contribution >= 0.6 is 23.2 Å². The zero-order chi connectivity index (χ0) is 16.4. The van der Waals surface area contributed by atoms with E-state index in [9.17, 15) is 8.42 Å². The van der Waals surface area contributed by atoms with Crippen LogP contribution in [0.4, 0.5) is 0 Å². The van der Waals surface area contributed by atoms with Crippen LogP contribution in [-0.2, 0) is 14.6 Å². The van der Waals surface area contributed by atoms with Crippen molar-refractivity contribution in [2.45, 2.75) is 42.7 Å². The van der Waals surface area contributed by atoms with Crippen molar-refractivity contribution in [3.63, 3.8) is 0 Å². The highest BCUT2D eigenvalue weighted by Gasteiger charge is 2.34. The molecule has 1 heterocycles. The van der Waals surface area contributed by atoms with E-state index in [0.29, 0.717) is 24.2 Å². The fourth-order valence-electron chi connectivity index (χ4n) is 3.52. The second-order valence-corrected chi connectivity index (χ2v) is 9.11. The maximum Gasteiger partial charge on any atom is 0.181 e. The maximum atomic E-state index is 12.6. The summed E-state index contributed by atoms with van der Waals surface area (Å²) in [6, 6.07) is 4.91. The largest absolute Gasteiger partial charge is 0.375 e. The average molecular weight is 378 g/mol. The number of fused-ring (bicyclic) bond motifs is 1. The van der Waals surface area contributed by atoms with E-state index >= 15 is 0 Å². The Hall–Kier alpha value is -0.330. The molecule has 3 rings (SSSR count). The van der Waals surface area contributed by atoms with E-state index in [-0.39, 0.29) is 21.8 Å². The molecular weight excluding hydrogens is 357 g/mol. The van der Waals surface area contributed by atoms with Crippen molar-refractivity contribution in [3.8, 4) is 0 Å². The van der Waals surface area contributed by atoms with Gasteiger partial charge in [-0.25, -0.2) is 8.42 Å². The molecule has 1 aromatic carbocycles. The summed E-state index contributed by atoms with van der Waals surface area (Å²) in [5.74, 6) is 0.0519. The topological polar surface area (TPSA) is 46.6 Å². The van der Waals surface area contributed by atoms with E-state index in [4.69, 9.17) is 27.9 Å². The van der Waals surface area contributed by atoms with E-state index < -0.39 is 9.84 Å². The molecule has 0 radical (unpaired) electrons. The molecule has 0 amide bonds. The van der Waals surface area contributed by atoms with E-state index in [1.165, 1.54) is 25.0 Å². The lowest BCUT2D eigenvalue weighted by Crippen LogP contribution is -2.53.